The number of benzene rings is 2. The molecule has 0 aliphatic carbocycles. The Morgan fingerprint density at radius 2 is 1.96 bits per heavy atom. The van der Waals surface area contributed by atoms with Crippen LogP contribution in [0, 0.1) is 11.3 Å². The first kappa shape index (κ1) is 16.2. The molecule has 1 aliphatic rings. The van der Waals surface area contributed by atoms with E-state index in [4.69, 9.17) is 5.26 Å². The Labute approximate surface area is 153 Å². The van der Waals surface area contributed by atoms with Crippen molar-refractivity contribution in [3.63, 3.8) is 0 Å². The van der Waals surface area contributed by atoms with E-state index in [0.29, 0.717) is 16.9 Å². The molecule has 2 heterocycles. The Balaban J connectivity index is 1.88. The van der Waals surface area contributed by atoms with Gasteiger partial charge < -0.3 is 4.98 Å². The Bertz CT molecular complexity index is 1120. The molecule has 5 nitrogen and oxygen atoms in total. The van der Waals surface area contributed by atoms with Crippen LogP contribution in [-0.4, -0.2) is 16.1 Å². The van der Waals surface area contributed by atoms with Crippen molar-refractivity contribution in [1.29, 1.82) is 5.26 Å². The summed E-state index contributed by atoms with van der Waals surface area (Å²) < 4.78 is 0. The predicted octanol–water partition coefficient (Wildman–Crippen LogP) is 3.98. The third-order valence-corrected chi connectivity index (χ3v) is 5.17. The third kappa shape index (κ3) is 2.89. The molecular weight excluding hydrogens is 346 g/mol. The van der Waals surface area contributed by atoms with Crippen molar-refractivity contribution >= 4 is 39.4 Å². The van der Waals surface area contributed by atoms with E-state index in [-0.39, 0.29) is 11.1 Å². The lowest BCUT2D eigenvalue weighted by Gasteiger charge is -2.10. The number of hydrogen-bond acceptors (Lipinski definition) is 4. The van der Waals surface area contributed by atoms with Crippen molar-refractivity contribution in [3.05, 3.63) is 76.3 Å². The van der Waals surface area contributed by atoms with Gasteiger partial charge in [0.1, 0.15) is 0 Å². The Morgan fingerprint density at radius 3 is 2.73 bits per heavy atom. The van der Waals surface area contributed by atoms with Gasteiger partial charge >= 0.3 is 0 Å². The molecule has 1 saturated heterocycles. The molecule has 0 atom stereocenters. The molecule has 6 heteroatoms. The number of nitrogens with zero attached hydrogens (tertiary/aromatic N) is 1. The van der Waals surface area contributed by atoms with Gasteiger partial charge in [-0.2, -0.15) is 5.26 Å². The predicted molar refractivity (Wildman–Crippen MR) is 101 cm³/mol. The first-order valence-electron chi connectivity index (χ1n) is 7.97. The average molecular weight is 359 g/mol. The molecule has 0 saturated carbocycles. The van der Waals surface area contributed by atoms with E-state index >= 15 is 0 Å². The maximum atomic E-state index is 12.3. The zero-order valence-corrected chi connectivity index (χ0v) is 14.4. The first-order valence-corrected chi connectivity index (χ1v) is 8.79. The van der Waals surface area contributed by atoms with Crippen LogP contribution in [0.15, 0.2) is 59.6 Å². The molecule has 1 aliphatic heterocycles. The van der Waals surface area contributed by atoms with Crippen LogP contribution in [0.1, 0.15) is 16.7 Å². The molecule has 2 amide bonds. The summed E-state index contributed by atoms with van der Waals surface area (Å²) in [5.41, 5.74) is 4.08. The van der Waals surface area contributed by atoms with Gasteiger partial charge in [0.25, 0.3) is 11.1 Å². The Morgan fingerprint density at radius 1 is 1.12 bits per heavy atom. The van der Waals surface area contributed by atoms with Gasteiger partial charge in [-0.15, -0.1) is 0 Å². The number of carbonyl (C=O) groups is 2. The second kappa shape index (κ2) is 6.54. The van der Waals surface area contributed by atoms with E-state index in [0.717, 1.165) is 39.4 Å². The summed E-state index contributed by atoms with van der Waals surface area (Å²) >= 11 is 0.919. The number of aromatic nitrogens is 1. The van der Waals surface area contributed by atoms with Crippen LogP contribution in [-0.2, 0) is 11.2 Å². The quantitative estimate of drug-likeness (QED) is 0.693. The monoisotopic (exact) mass is 359 g/mol. The number of nitrogens with one attached hydrogen (secondary N) is 2. The minimum absolute atomic E-state index is 0.367. The lowest BCUT2D eigenvalue weighted by molar-refractivity contribution is -0.115. The maximum Gasteiger partial charge on any atom is 0.290 e. The van der Waals surface area contributed by atoms with E-state index in [1.165, 1.54) is 0 Å². The summed E-state index contributed by atoms with van der Waals surface area (Å²) in [7, 11) is 0. The molecule has 1 aromatic heterocycles. The van der Waals surface area contributed by atoms with E-state index in [1.807, 2.05) is 42.6 Å². The zero-order chi connectivity index (χ0) is 18.1. The first-order chi connectivity index (χ1) is 12.7. The second-order valence-corrected chi connectivity index (χ2v) is 6.87. The molecule has 126 valence electrons. The smallest absolute Gasteiger partial charge is 0.290 e. The van der Waals surface area contributed by atoms with E-state index in [1.54, 1.807) is 12.1 Å². The number of carbonyl (C=O) groups excluding carboxylic acids is 2. The van der Waals surface area contributed by atoms with Gasteiger partial charge in [0.05, 0.1) is 16.5 Å². The number of thioether (sulfide) groups is 1. The number of imide groups is 1. The third-order valence-electron chi connectivity index (χ3n) is 4.24. The normalized spacial score (nSPS) is 15.8. The topological polar surface area (TPSA) is 85.8 Å². The number of hydrogen-bond donors (Lipinski definition) is 2. The molecule has 4 rings (SSSR count). The summed E-state index contributed by atoms with van der Waals surface area (Å²) in [4.78, 5) is 27.6. The highest BCUT2D eigenvalue weighted by Gasteiger charge is 2.30. The molecule has 0 radical (unpaired) electrons. The van der Waals surface area contributed by atoms with E-state index in [9.17, 15) is 9.59 Å². The van der Waals surface area contributed by atoms with Crippen molar-refractivity contribution < 1.29 is 9.59 Å². The standard InChI is InChI=1S/C20H13N3O2S/c21-10-13-5-3-4-12(8-13)9-15(18-19(24)23-20(25)26-18)16-11-22-17-7-2-1-6-14(16)17/h1-8,11,22H,9H2,(H,23,24,25). The number of nitriles is 1. The lowest BCUT2D eigenvalue weighted by atomic mass is 9.96. The molecule has 0 unspecified atom stereocenters. The summed E-state index contributed by atoms with van der Waals surface area (Å²) in [5, 5.41) is 12.1. The molecule has 2 N–H and O–H groups in total. The lowest BCUT2D eigenvalue weighted by Crippen LogP contribution is -2.18. The maximum absolute atomic E-state index is 12.3. The van der Waals surface area contributed by atoms with Crippen molar-refractivity contribution in [2.75, 3.05) is 0 Å². The highest BCUT2D eigenvalue weighted by molar-refractivity contribution is 8.18. The fraction of sp³-hybridized carbons (Fsp3) is 0.0500. The fourth-order valence-corrected chi connectivity index (χ4v) is 3.86. The van der Waals surface area contributed by atoms with Crippen LogP contribution < -0.4 is 5.32 Å². The molecular formula is C20H13N3O2S. The van der Waals surface area contributed by atoms with Crippen LogP contribution in [0.4, 0.5) is 4.79 Å². The van der Waals surface area contributed by atoms with Gasteiger partial charge in [0, 0.05) is 22.7 Å². The largest absolute Gasteiger partial charge is 0.361 e. The van der Waals surface area contributed by atoms with Crippen LogP contribution in [0.3, 0.4) is 0 Å². The fourth-order valence-electron chi connectivity index (χ4n) is 3.09. The average Bonchev–Trinajstić information content (AvgIpc) is 3.23. The number of allylic oxidation sites excluding steroid dienone is 1. The number of rotatable bonds is 3. The Hall–Kier alpha value is -3.30. The summed E-state index contributed by atoms with van der Waals surface area (Å²) in [6.07, 6.45) is 2.30. The van der Waals surface area contributed by atoms with Gasteiger partial charge in [-0.1, -0.05) is 30.3 Å². The number of H-pyrrole nitrogens is 1. The number of para-hydroxylation sites is 1. The van der Waals surface area contributed by atoms with Gasteiger partial charge in [-0.25, -0.2) is 0 Å². The number of aromatic amines is 1. The SMILES string of the molecule is N#Cc1cccc(CC(=C2SC(=O)NC2=O)c2c[nH]c3ccccc23)c1. The van der Waals surface area contributed by atoms with Gasteiger partial charge in [-0.05, 0) is 47.5 Å². The van der Waals surface area contributed by atoms with Gasteiger partial charge in [-0.3, -0.25) is 14.9 Å². The minimum atomic E-state index is -0.378. The van der Waals surface area contributed by atoms with Gasteiger partial charge in [0.2, 0.25) is 0 Å². The zero-order valence-electron chi connectivity index (χ0n) is 13.6. The second-order valence-electron chi connectivity index (χ2n) is 5.89. The van der Waals surface area contributed by atoms with Crippen molar-refractivity contribution in [2.24, 2.45) is 0 Å². The van der Waals surface area contributed by atoms with Gasteiger partial charge in [0.15, 0.2) is 0 Å². The van der Waals surface area contributed by atoms with E-state index in [2.05, 4.69) is 16.4 Å². The van der Waals surface area contributed by atoms with Crippen molar-refractivity contribution in [2.45, 2.75) is 6.42 Å². The molecule has 3 aromatic rings. The molecule has 26 heavy (non-hydrogen) atoms. The molecule has 0 bridgehead atoms. The minimum Gasteiger partial charge on any atom is -0.361 e. The summed E-state index contributed by atoms with van der Waals surface area (Å²) in [5.74, 6) is -0.378. The molecule has 1 fully saturated rings. The van der Waals surface area contributed by atoms with E-state index < -0.39 is 0 Å². The summed E-state index contributed by atoms with van der Waals surface area (Å²) in [6, 6.07) is 17.2. The number of amides is 2. The number of fused-ring (bicyclic) bond motifs is 1. The molecule has 0 spiro atoms. The van der Waals surface area contributed by atoms with Crippen LogP contribution >= 0.6 is 11.8 Å². The molecule has 2 aromatic carbocycles. The highest BCUT2D eigenvalue weighted by atomic mass is 32.2. The van der Waals surface area contributed by atoms with Crippen LogP contribution in [0.25, 0.3) is 16.5 Å². The Kier molecular flexibility index (Phi) is 4.07. The highest BCUT2D eigenvalue weighted by Crippen LogP contribution is 2.36. The van der Waals surface area contributed by atoms with Crippen LogP contribution in [0.5, 0.6) is 0 Å². The van der Waals surface area contributed by atoms with Crippen LogP contribution in [0.2, 0.25) is 0 Å². The van der Waals surface area contributed by atoms with Crippen molar-refractivity contribution in [1.82, 2.24) is 10.3 Å². The van der Waals surface area contributed by atoms with Crippen molar-refractivity contribution in [3.8, 4) is 6.07 Å². The summed E-state index contributed by atoms with van der Waals surface area (Å²) in [6.45, 7) is 0.